The third kappa shape index (κ3) is 6.15. The van der Waals surface area contributed by atoms with Crippen molar-refractivity contribution >= 4 is 13.3 Å². The van der Waals surface area contributed by atoms with Crippen molar-refractivity contribution in [3.63, 3.8) is 0 Å². The van der Waals surface area contributed by atoms with Gasteiger partial charge in [0, 0.05) is 19.8 Å². The van der Waals surface area contributed by atoms with E-state index in [1.54, 1.807) is 6.66 Å². The lowest BCUT2D eigenvalue weighted by molar-refractivity contribution is -0.155. The first-order valence-electron chi connectivity index (χ1n) is 9.49. The predicted molar refractivity (Wildman–Crippen MR) is 104 cm³/mol. The summed E-state index contributed by atoms with van der Waals surface area (Å²) < 4.78 is 35.7. The molecule has 1 aliphatic rings. The third-order valence-corrected chi connectivity index (χ3v) is 6.76. The fourth-order valence-corrected chi connectivity index (χ4v) is 4.97. The van der Waals surface area contributed by atoms with Crippen LogP contribution in [0, 0.1) is 0 Å². The molecule has 1 aromatic rings. The van der Waals surface area contributed by atoms with Crippen LogP contribution in [0.3, 0.4) is 0 Å². The van der Waals surface area contributed by atoms with E-state index in [0.29, 0.717) is 32.2 Å². The normalized spacial score (nSPS) is 27.3. The SMILES string of the molecule is CCOP(C)(=O)CC[C@]1(CC)OC[C@@H](OC(C)=O)C1OCc1ccccc1. The number of carbonyl (C=O) groups is 1. The van der Waals surface area contributed by atoms with Crippen molar-refractivity contribution < 1.29 is 28.1 Å². The molecule has 2 unspecified atom stereocenters. The van der Waals surface area contributed by atoms with Gasteiger partial charge in [-0.15, -0.1) is 0 Å². The van der Waals surface area contributed by atoms with Crippen LogP contribution in [0.4, 0.5) is 0 Å². The molecular formula is C20H31O6P. The minimum Gasteiger partial charge on any atom is -0.457 e. The molecule has 0 amide bonds. The van der Waals surface area contributed by atoms with Crippen LogP contribution >= 0.6 is 7.37 Å². The molecule has 0 spiro atoms. The van der Waals surface area contributed by atoms with Crippen LogP contribution in [-0.4, -0.2) is 49.8 Å². The summed E-state index contributed by atoms with van der Waals surface area (Å²) in [5, 5.41) is 0. The van der Waals surface area contributed by atoms with Crippen LogP contribution in [-0.2, 0) is 34.7 Å². The van der Waals surface area contributed by atoms with Crippen LogP contribution < -0.4 is 0 Å². The van der Waals surface area contributed by atoms with E-state index in [1.807, 2.05) is 44.2 Å². The topological polar surface area (TPSA) is 71.1 Å². The molecule has 0 aliphatic carbocycles. The Hall–Kier alpha value is -1.20. The number of rotatable bonds is 10. The summed E-state index contributed by atoms with van der Waals surface area (Å²) in [6.07, 6.45) is 0.681. The molecule has 0 aromatic heterocycles. The molecular weight excluding hydrogens is 367 g/mol. The molecule has 1 aliphatic heterocycles. The van der Waals surface area contributed by atoms with Gasteiger partial charge in [-0.3, -0.25) is 9.36 Å². The first-order valence-corrected chi connectivity index (χ1v) is 11.8. The summed E-state index contributed by atoms with van der Waals surface area (Å²) in [4.78, 5) is 11.5. The maximum Gasteiger partial charge on any atom is 0.303 e. The minimum absolute atomic E-state index is 0.273. The Labute approximate surface area is 162 Å². The zero-order valence-corrected chi connectivity index (χ0v) is 17.6. The van der Waals surface area contributed by atoms with Crippen molar-refractivity contribution in [3.05, 3.63) is 35.9 Å². The van der Waals surface area contributed by atoms with E-state index >= 15 is 0 Å². The van der Waals surface area contributed by atoms with Gasteiger partial charge in [0.2, 0.25) is 0 Å². The van der Waals surface area contributed by atoms with E-state index < -0.39 is 25.2 Å². The van der Waals surface area contributed by atoms with Crippen LogP contribution in [0.25, 0.3) is 0 Å². The smallest absolute Gasteiger partial charge is 0.303 e. The highest BCUT2D eigenvalue weighted by atomic mass is 31.2. The Morgan fingerprint density at radius 2 is 2.00 bits per heavy atom. The summed E-state index contributed by atoms with van der Waals surface area (Å²) in [5.74, 6) is -0.362. The Balaban J connectivity index is 2.15. The van der Waals surface area contributed by atoms with Gasteiger partial charge in [-0.2, -0.15) is 0 Å². The van der Waals surface area contributed by atoms with Crippen LogP contribution in [0.1, 0.15) is 39.2 Å². The predicted octanol–water partition coefficient (Wildman–Crippen LogP) is 4.02. The Morgan fingerprint density at radius 3 is 2.59 bits per heavy atom. The van der Waals surface area contributed by atoms with Crippen molar-refractivity contribution in [1.82, 2.24) is 0 Å². The Kier molecular flexibility index (Phi) is 8.04. The van der Waals surface area contributed by atoms with Crippen molar-refractivity contribution in [2.75, 3.05) is 26.0 Å². The quantitative estimate of drug-likeness (QED) is 0.438. The van der Waals surface area contributed by atoms with Crippen LogP contribution in [0.5, 0.6) is 0 Å². The second-order valence-corrected chi connectivity index (χ2v) is 9.73. The second-order valence-electron chi connectivity index (χ2n) is 7.00. The average Bonchev–Trinajstić information content (AvgIpc) is 2.96. The molecule has 27 heavy (non-hydrogen) atoms. The number of benzene rings is 1. The number of carbonyl (C=O) groups excluding carboxylic acids is 1. The van der Waals surface area contributed by atoms with Gasteiger partial charge in [0.1, 0.15) is 6.10 Å². The molecule has 0 radical (unpaired) electrons. The largest absolute Gasteiger partial charge is 0.457 e. The lowest BCUT2D eigenvalue weighted by Crippen LogP contribution is -2.46. The molecule has 1 fully saturated rings. The van der Waals surface area contributed by atoms with Crippen molar-refractivity contribution in [2.24, 2.45) is 0 Å². The summed E-state index contributed by atoms with van der Waals surface area (Å²) in [6, 6.07) is 9.83. The molecule has 0 bridgehead atoms. The van der Waals surface area contributed by atoms with Gasteiger partial charge >= 0.3 is 5.97 Å². The summed E-state index contributed by atoms with van der Waals surface area (Å²) in [5.41, 5.74) is 0.379. The first kappa shape index (κ1) is 22.1. The molecule has 152 valence electrons. The second kappa shape index (κ2) is 9.83. The molecule has 1 heterocycles. The number of ether oxygens (including phenoxy) is 3. The molecule has 4 atom stereocenters. The molecule has 1 saturated heterocycles. The average molecular weight is 398 g/mol. The van der Waals surface area contributed by atoms with E-state index in [1.165, 1.54) is 6.92 Å². The standard InChI is InChI=1S/C20H31O6P/c1-5-20(12-13-27(4,22)25-6-2)19(18(15-24-20)26-16(3)21)23-14-17-10-8-7-9-11-17/h7-11,18-19H,5-6,12-15H2,1-4H3/t18-,19?,20+,27?/m1/s1. The highest BCUT2D eigenvalue weighted by molar-refractivity contribution is 7.58. The Bertz CT molecular complexity index is 649. The van der Waals surface area contributed by atoms with E-state index in [-0.39, 0.29) is 12.6 Å². The lowest BCUT2D eigenvalue weighted by atomic mass is 9.89. The van der Waals surface area contributed by atoms with Crippen LogP contribution in [0.15, 0.2) is 30.3 Å². The zero-order chi connectivity index (χ0) is 19.9. The molecule has 1 aromatic carbocycles. The monoisotopic (exact) mass is 398 g/mol. The summed E-state index contributed by atoms with van der Waals surface area (Å²) >= 11 is 0. The number of hydrogen-bond donors (Lipinski definition) is 0. The number of hydrogen-bond acceptors (Lipinski definition) is 6. The van der Waals surface area contributed by atoms with Gasteiger partial charge in [0.05, 0.1) is 25.4 Å². The van der Waals surface area contributed by atoms with Gasteiger partial charge in [-0.25, -0.2) is 0 Å². The van der Waals surface area contributed by atoms with Crippen molar-refractivity contribution in [3.8, 4) is 0 Å². The highest BCUT2D eigenvalue weighted by Crippen LogP contribution is 2.47. The fourth-order valence-electron chi connectivity index (χ4n) is 3.51. The highest BCUT2D eigenvalue weighted by Gasteiger charge is 2.51. The van der Waals surface area contributed by atoms with E-state index in [9.17, 15) is 9.36 Å². The van der Waals surface area contributed by atoms with Crippen molar-refractivity contribution in [1.29, 1.82) is 0 Å². The third-order valence-electron chi connectivity index (χ3n) is 4.92. The lowest BCUT2D eigenvalue weighted by Gasteiger charge is -2.35. The van der Waals surface area contributed by atoms with Crippen LogP contribution in [0.2, 0.25) is 0 Å². The van der Waals surface area contributed by atoms with Gasteiger partial charge in [0.25, 0.3) is 0 Å². The molecule has 0 saturated carbocycles. The van der Waals surface area contributed by atoms with Gasteiger partial charge in [-0.05, 0) is 25.3 Å². The summed E-state index contributed by atoms with van der Waals surface area (Å²) in [7, 11) is -2.69. The van der Waals surface area contributed by atoms with Gasteiger partial charge < -0.3 is 18.7 Å². The molecule has 2 rings (SSSR count). The van der Waals surface area contributed by atoms with E-state index in [2.05, 4.69) is 0 Å². The summed E-state index contributed by atoms with van der Waals surface area (Å²) in [6.45, 7) is 7.96. The minimum atomic E-state index is -2.69. The number of esters is 1. The zero-order valence-electron chi connectivity index (χ0n) is 16.7. The maximum absolute atomic E-state index is 12.6. The van der Waals surface area contributed by atoms with Crippen molar-refractivity contribution in [2.45, 2.75) is 58.0 Å². The van der Waals surface area contributed by atoms with E-state index in [0.717, 1.165) is 5.56 Å². The first-order chi connectivity index (χ1) is 12.8. The van der Waals surface area contributed by atoms with Gasteiger partial charge in [-0.1, -0.05) is 37.3 Å². The van der Waals surface area contributed by atoms with Gasteiger partial charge in [0.15, 0.2) is 13.5 Å². The fraction of sp³-hybridized carbons (Fsp3) is 0.650. The molecule has 6 nitrogen and oxygen atoms in total. The maximum atomic E-state index is 12.6. The molecule has 0 N–H and O–H groups in total. The van der Waals surface area contributed by atoms with E-state index in [4.69, 9.17) is 18.7 Å². The molecule has 7 heteroatoms. The Morgan fingerprint density at radius 1 is 1.30 bits per heavy atom.